The zero-order valence-corrected chi connectivity index (χ0v) is 12.8. The Morgan fingerprint density at radius 3 is 2.82 bits per heavy atom. The lowest BCUT2D eigenvalue weighted by Gasteiger charge is -2.03. The summed E-state index contributed by atoms with van der Waals surface area (Å²) in [5.74, 6) is 0. The largest absolute Gasteiger partial charge is 0.235 e. The molecule has 1 aromatic carbocycles. The summed E-state index contributed by atoms with van der Waals surface area (Å²) in [4.78, 5) is 4.43. The molecule has 3 aromatic heterocycles. The van der Waals surface area contributed by atoms with Crippen molar-refractivity contribution in [2.24, 2.45) is 0 Å². The standard InChI is InChI=1S/C17H12N4S/c1-11-15(13-4-2-12(3-5-13)6-8-18)16-17-14(7-9-22-17)19-10-21(16)20-11/h2-5,7,9-10H,6H2,1H3. The van der Waals surface area contributed by atoms with E-state index in [9.17, 15) is 0 Å². The Bertz CT molecular complexity index is 1020. The zero-order valence-electron chi connectivity index (χ0n) is 11.9. The van der Waals surface area contributed by atoms with Crippen LogP contribution in [0.3, 0.4) is 0 Å². The summed E-state index contributed by atoms with van der Waals surface area (Å²) in [6.45, 7) is 2.02. The minimum Gasteiger partial charge on any atom is -0.235 e. The van der Waals surface area contributed by atoms with Crippen molar-refractivity contribution in [1.29, 1.82) is 5.26 Å². The topological polar surface area (TPSA) is 54.0 Å². The highest BCUT2D eigenvalue weighted by molar-refractivity contribution is 7.18. The van der Waals surface area contributed by atoms with E-state index in [4.69, 9.17) is 5.26 Å². The molecule has 22 heavy (non-hydrogen) atoms. The van der Waals surface area contributed by atoms with Gasteiger partial charge in [0, 0.05) is 5.56 Å². The number of hydrogen-bond donors (Lipinski definition) is 0. The molecule has 0 N–H and O–H groups in total. The van der Waals surface area contributed by atoms with Gasteiger partial charge in [0.2, 0.25) is 0 Å². The Hall–Kier alpha value is -2.71. The molecule has 4 rings (SSSR count). The number of aromatic nitrogens is 3. The number of aryl methyl sites for hydroxylation is 1. The van der Waals surface area contributed by atoms with E-state index in [1.807, 2.05) is 29.6 Å². The summed E-state index contributed by atoms with van der Waals surface area (Å²) >= 11 is 1.68. The number of nitrogens with zero attached hydrogens (tertiary/aromatic N) is 4. The second kappa shape index (κ2) is 4.93. The zero-order chi connectivity index (χ0) is 15.1. The molecular weight excluding hydrogens is 292 g/mol. The SMILES string of the molecule is Cc1nn2cnc3ccsc3c2c1-c1ccc(CC#N)cc1. The van der Waals surface area contributed by atoms with E-state index in [0.717, 1.165) is 38.1 Å². The van der Waals surface area contributed by atoms with Crippen LogP contribution < -0.4 is 0 Å². The van der Waals surface area contributed by atoms with Gasteiger partial charge < -0.3 is 0 Å². The van der Waals surface area contributed by atoms with E-state index < -0.39 is 0 Å². The molecule has 3 heterocycles. The summed E-state index contributed by atoms with van der Waals surface area (Å²) in [6, 6.07) is 12.4. The lowest BCUT2D eigenvalue weighted by Crippen LogP contribution is -1.88. The van der Waals surface area contributed by atoms with E-state index in [1.165, 1.54) is 0 Å². The Balaban J connectivity index is 1.99. The minimum absolute atomic E-state index is 0.438. The summed E-state index contributed by atoms with van der Waals surface area (Å²) in [7, 11) is 0. The maximum Gasteiger partial charge on any atom is 0.118 e. The van der Waals surface area contributed by atoms with Crippen molar-refractivity contribution in [3.05, 3.63) is 53.3 Å². The fourth-order valence-corrected chi connectivity index (χ4v) is 3.65. The molecule has 0 amide bonds. The van der Waals surface area contributed by atoms with Gasteiger partial charge in [0.05, 0.1) is 33.9 Å². The van der Waals surface area contributed by atoms with Gasteiger partial charge in [-0.15, -0.1) is 11.3 Å². The molecule has 0 aliphatic rings. The van der Waals surface area contributed by atoms with Gasteiger partial charge in [0.25, 0.3) is 0 Å². The van der Waals surface area contributed by atoms with E-state index in [2.05, 4.69) is 33.7 Å². The Morgan fingerprint density at radius 1 is 1.23 bits per heavy atom. The maximum atomic E-state index is 8.78. The van der Waals surface area contributed by atoms with Crippen molar-refractivity contribution in [1.82, 2.24) is 14.6 Å². The summed E-state index contributed by atoms with van der Waals surface area (Å²) in [6.07, 6.45) is 2.21. The van der Waals surface area contributed by atoms with E-state index >= 15 is 0 Å². The molecule has 4 aromatic rings. The fourth-order valence-electron chi connectivity index (χ4n) is 2.77. The first kappa shape index (κ1) is 13.0. The second-order valence-corrected chi connectivity index (χ2v) is 6.08. The monoisotopic (exact) mass is 304 g/mol. The molecule has 0 saturated carbocycles. The van der Waals surface area contributed by atoms with Gasteiger partial charge in [0.1, 0.15) is 6.33 Å². The lowest BCUT2D eigenvalue weighted by molar-refractivity contribution is 0.912. The third kappa shape index (κ3) is 1.89. The number of hydrogen-bond acceptors (Lipinski definition) is 4. The molecule has 0 unspecified atom stereocenters. The second-order valence-electron chi connectivity index (χ2n) is 5.16. The van der Waals surface area contributed by atoms with Gasteiger partial charge in [0.15, 0.2) is 0 Å². The predicted molar refractivity (Wildman–Crippen MR) is 87.9 cm³/mol. The van der Waals surface area contributed by atoms with Crippen LogP contribution in [0, 0.1) is 18.3 Å². The summed E-state index contributed by atoms with van der Waals surface area (Å²) < 4.78 is 3.01. The number of thiophene rings is 1. The lowest BCUT2D eigenvalue weighted by atomic mass is 10.0. The minimum atomic E-state index is 0.438. The van der Waals surface area contributed by atoms with Gasteiger partial charge in [-0.05, 0) is 29.5 Å². The van der Waals surface area contributed by atoms with Crippen molar-refractivity contribution < 1.29 is 0 Å². The van der Waals surface area contributed by atoms with Gasteiger partial charge in [-0.3, -0.25) is 0 Å². The van der Waals surface area contributed by atoms with Crippen LogP contribution in [0.4, 0.5) is 0 Å². The van der Waals surface area contributed by atoms with Crippen LogP contribution in [0.5, 0.6) is 0 Å². The number of rotatable bonds is 2. The van der Waals surface area contributed by atoms with Crippen LogP contribution in [0.2, 0.25) is 0 Å². The first-order valence-electron chi connectivity index (χ1n) is 6.95. The van der Waals surface area contributed by atoms with E-state index in [1.54, 1.807) is 17.7 Å². The van der Waals surface area contributed by atoms with E-state index in [-0.39, 0.29) is 0 Å². The van der Waals surface area contributed by atoms with Crippen LogP contribution in [-0.4, -0.2) is 14.6 Å². The molecule has 0 radical (unpaired) electrons. The van der Waals surface area contributed by atoms with Crippen molar-refractivity contribution in [2.75, 3.05) is 0 Å². The summed E-state index contributed by atoms with van der Waals surface area (Å²) in [5, 5.41) is 15.4. The predicted octanol–water partition coefficient (Wildman–Crippen LogP) is 3.99. The van der Waals surface area contributed by atoms with E-state index in [0.29, 0.717) is 6.42 Å². The highest BCUT2D eigenvalue weighted by atomic mass is 32.1. The Labute approximate surface area is 131 Å². The summed E-state index contributed by atoms with van der Waals surface area (Å²) in [5.41, 5.74) is 6.37. The molecule has 0 bridgehead atoms. The average molecular weight is 304 g/mol. The van der Waals surface area contributed by atoms with Crippen LogP contribution in [-0.2, 0) is 6.42 Å². The molecule has 0 aliphatic carbocycles. The number of benzene rings is 1. The third-order valence-corrected chi connectivity index (χ3v) is 4.69. The third-order valence-electron chi connectivity index (χ3n) is 3.78. The Morgan fingerprint density at radius 2 is 2.05 bits per heavy atom. The molecule has 5 heteroatoms. The number of nitriles is 1. The quantitative estimate of drug-likeness (QED) is 0.563. The molecule has 0 spiro atoms. The van der Waals surface area contributed by atoms with Gasteiger partial charge in [-0.25, -0.2) is 9.50 Å². The molecule has 106 valence electrons. The molecular formula is C17H12N4S. The average Bonchev–Trinajstić information content (AvgIpc) is 3.11. The van der Waals surface area contributed by atoms with Gasteiger partial charge >= 0.3 is 0 Å². The normalized spacial score (nSPS) is 11.1. The van der Waals surface area contributed by atoms with Crippen molar-refractivity contribution >= 4 is 27.1 Å². The number of fused-ring (bicyclic) bond motifs is 3. The van der Waals surface area contributed by atoms with Gasteiger partial charge in [-0.2, -0.15) is 10.4 Å². The van der Waals surface area contributed by atoms with Gasteiger partial charge in [-0.1, -0.05) is 24.3 Å². The fraction of sp³-hybridized carbons (Fsp3) is 0.118. The molecule has 0 fully saturated rings. The molecule has 4 nitrogen and oxygen atoms in total. The first-order valence-corrected chi connectivity index (χ1v) is 7.83. The van der Waals surface area contributed by atoms with Crippen LogP contribution in [0.25, 0.3) is 26.9 Å². The van der Waals surface area contributed by atoms with Crippen LogP contribution in [0.1, 0.15) is 11.3 Å². The smallest absolute Gasteiger partial charge is 0.118 e. The first-order chi connectivity index (χ1) is 10.8. The van der Waals surface area contributed by atoms with Crippen LogP contribution in [0.15, 0.2) is 42.0 Å². The maximum absolute atomic E-state index is 8.78. The highest BCUT2D eigenvalue weighted by Crippen LogP contribution is 2.34. The molecule has 0 saturated heterocycles. The van der Waals surface area contributed by atoms with Crippen molar-refractivity contribution in [3.63, 3.8) is 0 Å². The van der Waals surface area contributed by atoms with Crippen molar-refractivity contribution in [3.8, 4) is 17.2 Å². The van der Waals surface area contributed by atoms with Crippen LogP contribution >= 0.6 is 11.3 Å². The highest BCUT2D eigenvalue weighted by Gasteiger charge is 2.15. The molecule has 0 aliphatic heterocycles. The Kier molecular flexibility index (Phi) is 2.91. The molecule has 0 atom stereocenters. The van der Waals surface area contributed by atoms with Crippen molar-refractivity contribution in [2.45, 2.75) is 13.3 Å².